The molecule has 0 unspecified atom stereocenters. The highest BCUT2D eigenvalue weighted by molar-refractivity contribution is 5.86. The maximum Gasteiger partial charge on any atom is 0.330 e. The van der Waals surface area contributed by atoms with Crippen LogP contribution in [-0.4, -0.2) is 18.0 Å². The first-order valence-electron chi connectivity index (χ1n) is 5.28. The van der Waals surface area contributed by atoms with E-state index in [0.29, 0.717) is 6.54 Å². The highest BCUT2D eigenvalue weighted by atomic mass is 16.5. The molecule has 90 valence electrons. The molecule has 0 heterocycles. The van der Waals surface area contributed by atoms with Crippen LogP contribution in [0.15, 0.2) is 43.0 Å². The van der Waals surface area contributed by atoms with Crippen molar-refractivity contribution in [1.82, 2.24) is 5.32 Å². The molecule has 0 saturated carbocycles. The lowest BCUT2D eigenvalue weighted by Crippen LogP contribution is -2.35. The van der Waals surface area contributed by atoms with E-state index in [0.717, 1.165) is 11.6 Å². The van der Waals surface area contributed by atoms with Gasteiger partial charge in [0.2, 0.25) is 0 Å². The molecule has 1 amide bonds. The smallest absolute Gasteiger partial charge is 0.330 e. The molecular weight excluding hydrogens is 218 g/mol. The average molecular weight is 233 g/mol. The number of esters is 1. The number of carbonyl (C=O) groups is 2. The Kier molecular flexibility index (Phi) is 4.94. The van der Waals surface area contributed by atoms with Gasteiger partial charge in [-0.25, -0.2) is 4.79 Å². The third-order valence-electron chi connectivity index (χ3n) is 2.14. The zero-order valence-electron chi connectivity index (χ0n) is 9.68. The van der Waals surface area contributed by atoms with E-state index in [4.69, 9.17) is 4.74 Å². The molecule has 1 rings (SSSR count). The second kappa shape index (κ2) is 6.48. The predicted octanol–water partition coefficient (Wildman–Crippen LogP) is 1.42. The summed E-state index contributed by atoms with van der Waals surface area (Å²) in [6.45, 7) is 5.19. The first-order chi connectivity index (χ1) is 8.13. The largest absolute Gasteiger partial charge is 0.449 e. The van der Waals surface area contributed by atoms with Gasteiger partial charge in [0.1, 0.15) is 0 Å². The molecule has 4 heteroatoms. The summed E-state index contributed by atoms with van der Waals surface area (Å²) in [6, 6.07) is 9.49. The van der Waals surface area contributed by atoms with E-state index < -0.39 is 12.1 Å². The monoisotopic (exact) mass is 233 g/mol. The molecule has 17 heavy (non-hydrogen) atoms. The van der Waals surface area contributed by atoms with Crippen LogP contribution >= 0.6 is 0 Å². The Morgan fingerprint density at radius 3 is 2.65 bits per heavy atom. The molecule has 0 bridgehead atoms. The number of hydrogen-bond donors (Lipinski definition) is 1. The maximum atomic E-state index is 11.5. The third kappa shape index (κ3) is 4.51. The van der Waals surface area contributed by atoms with Gasteiger partial charge >= 0.3 is 5.97 Å². The lowest BCUT2D eigenvalue weighted by Gasteiger charge is -2.12. The highest BCUT2D eigenvalue weighted by Crippen LogP contribution is 1.99. The van der Waals surface area contributed by atoms with Crippen molar-refractivity contribution >= 4 is 11.9 Å². The molecule has 0 aliphatic rings. The van der Waals surface area contributed by atoms with Crippen molar-refractivity contribution in [2.45, 2.75) is 19.6 Å². The zero-order valence-corrected chi connectivity index (χ0v) is 9.68. The Hall–Kier alpha value is -2.10. The maximum absolute atomic E-state index is 11.5. The van der Waals surface area contributed by atoms with Crippen LogP contribution in [0.2, 0.25) is 0 Å². The number of hydrogen-bond acceptors (Lipinski definition) is 3. The van der Waals surface area contributed by atoms with Crippen LogP contribution in [0, 0.1) is 0 Å². The Bertz CT molecular complexity index is 400. The summed E-state index contributed by atoms with van der Waals surface area (Å²) in [7, 11) is 0. The summed E-state index contributed by atoms with van der Waals surface area (Å²) in [5, 5.41) is 2.68. The third-order valence-corrected chi connectivity index (χ3v) is 2.14. The van der Waals surface area contributed by atoms with E-state index in [9.17, 15) is 9.59 Å². The quantitative estimate of drug-likeness (QED) is 0.618. The topological polar surface area (TPSA) is 55.4 Å². The van der Waals surface area contributed by atoms with Crippen LogP contribution in [-0.2, 0) is 20.9 Å². The van der Waals surface area contributed by atoms with Gasteiger partial charge in [0.15, 0.2) is 6.10 Å². The number of carbonyl (C=O) groups excluding carboxylic acids is 2. The van der Waals surface area contributed by atoms with Crippen LogP contribution in [0.1, 0.15) is 12.5 Å². The van der Waals surface area contributed by atoms with Crippen LogP contribution in [0.25, 0.3) is 0 Å². The normalized spacial score (nSPS) is 11.4. The van der Waals surface area contributed by atoms with Crippen molar-refractivity contribution in [1.29, 1.82) is 0 Å². The van der Waals surface area contributed by atoms with E-state index in [1.807, 2.05) is 30.3 Å². The molecule has 1 atom stereocenters. The molecule has 0 aliphatic heterocycles. The fourth-order valence-corrected chi connectivity index (χ4v) is 1.20. The minimum atomic E-state index is -0.816. The molecule has 1 aromatic carbocycles. The first-order valence-corrected chi connectivity index (χ1v) is 5.28. The van der Waals surface area contributed by atoms with Gasteiger partial charge in [-0.05, 0) is 12.5 Å². The molecule has 0 spiro atoms. The number of benzene rings is 1. The van der Waals surface area contributed by atoms with E-state index in [1.54, 1.807) is 0 Å². The van der Waals surface area contributed by atoms with E-state index in [-0.39, 0.29) is 5.91 Å². The highest BCUT2D eigenvalue weighted by Gasteiger charge is 2.15. The zero-order chi connectivity index (χ0) is 12.7. The number of amides is 1. The van der Waals surface area contributed by atoms with Gasteiger partial charge in [0.05, 0.1) is 0 Å². The summed E-state index contributed by atoms with van der Waals surface area (Å²) in [5.41, 5.74) is 0.989. The molecule has 1 aromatic rings. The minimum Gasteiger partial charge on any atom is -0.449 e. The second-order valence-electron chi connectivity index (χ2n) is 3.49. The van der Waals surface area contributed by atoms with Crippen molar-refractivity contribution in [2.75, 3.05) is 0 Å². The van der Waals surface area contributed by atoms with Crippen molar-refractivity contribution < 1.29 is 14.3 Å². The molecule has 1 N–H and O–H groups in total. The number of rotatable bonds is 5. The Morgan fingerprint density at radius 2 is 2.06 bits per heavy atom. The standard InChI is InChI=1S/C13H15NO3/c1-3-12(15)17-10(2)13(16)14-9-11-7-5-4-6-8-11/h3-8,10H,1,9H2,2H3,(H,14,16)/t10-/m0/s1. The lowest BCUT2D eigenvalue weighted by atomic mass is 10.2. The fourth-order valence-electron chi connectivity index (χ4n) is 1.20. The van der Waals surface area contributed by atoms with Crippen molar-refractivity contribution in [3.05, 3.63) is 48.6 Å². The summed E-state index contributed by atoms with van der Waals surface area (Å²) in [6.07, 6.45) is 0.213. The molecule has 0 fully saturated rings. The van der Waals surface area contributed by atoms with Gasteiger partial charge in [0.25, 0.3) is 5.91 Å². The lowest BCUT2D eigenvalue weighted by molar-refractivity contribution is -0.150. The van der Waals surface area contributed by atoms with Crippen LogP contribution in [0.3, 0.4) is 0 Å². The van der Waals surface area contributed by atoms with Crippen LogP contribution < -0.4 is 5.32 Å². The second-order valence-corrected chi connectivity index (χ2v) is 3.49. The molecule has 0 aromatic heterocycles. The molecule has 0 aliphatic carbocycles. The first kappa shape index (κ1) is 13.0. The van der Waals surface area contributed by atoms with E-state index in [2.05, 4.69) is 11.9 Å². The van der Waals surface area contributed by atoms with Crippen molar-refractivity contribution in [2.24, 2.45) is 0 Å². The summed E-state index contributed by atoms with van der Waals surface area (Å²) < 4.78 is 4.78. The fraction of sp³-hybridized carbons (Fsp3) is 0.231. The SMILES string of the molecule is C=CC(=O)O[C@@H](C)C(=O)NCc1ccccc1. The van der Waals surface area contributed by atoms with Gasteiger partial charge < -0.3 is 10.1 Å². The van der Waals surface area contributed by atoms with E-state index >= 15 is 0 Å². The van der Waals surface area contributed by atoms with Crippen LogP contribution in [0.5, 0.6) is 0 Å². The van der Waals surface area contributed by atoms with Gasteiger partial charge in [-0.1, -0.05) is 36.9 Å². The van der Waals surface area contributed by atoms with E-state index in [1.165, 1.54) is 6.92 Å². The molecule has 4 nitrogen and oxygen atoms in total. The van der Waals surface area contributed by atoms with Gasteiger partial charge in [-0.2, -0.15) is 0 Å². The Labute approximate surface area is 100 Å². The summed E-state index contributed by atoms with van der Waals surface area (Å²) in [5.74, 6) is -0.934. The van der Waals surface area contributed by atoms with Crippen molar-refractivity contribution in [3.8, 4) is 0 Å². The molecular formula is C13H15NO3. The van der Waals surface area contributed by atoms with Gasteiger partial charge in [-0.15, -0.1) is 0 Å². The van der Waals surface area contributed by atoms with Crippen molar-refractivity contribution in [3.63, 3.8) is 0 Å². The molecule has 0 saturated heterocycles. The number of ether oxygens (including phenoxy) is 1. The van der Waals surface area contributed by atoms with Crippen LogP contribution in [0.4, 0.5) is 0 Å². The average Bonchev–Trinajstić information content (AvgIpc) is 2.36. The van der Waals surface area contributed by atoms with Gasteiger partial charge in [-0.3, -0.25) is 4.79 Å². The number of nitrogens with one attached hydrogen (secondary N) is 1. The Balaban J connectivity index is 2.39. The molecule has 0 radical (unpaired) electrons. The Morgan fingerprint density at radius 1 is 1.41 bits per heavy atom. The van der Waals surface area contributed by atoms with Gasteiger partial charge in [0, 0.05) is 12.6 Å². The predicted molar refractivity (Wildman–Crippen MR) is 64.0 cm³/mol. The minimum absolute atomic E-state index is 0.330. The summed E-state index contributed by atoms with van der Waals surface area (Å²) >= 11 is 0. The summed E-state index contributed by atoms with van der Waals surface area (Å²) in [4.78, 5) is 22.4.